The molecule has 2 rings (SSSR count). The van der Waals surface area contributed by atoms with Gasteiger partial charge in [0.15, 0.2) is 0 Å². The van der Waals surface area contributed by atoms with Crippen molar-refractivity contribution in [2.45, 2.75) is 26.8 Å². The van der Waals surface area contributed by atoms with E-state index in [1.807, 2.05) is 13.8 Å². The average molecular weight is 383 g/mol. The minimum absolute atomic E-state index is 0.0117. The molecule has 1 aliphatic rings. The standard InChI is InChI=1S/C16H19BrN2O4/c1-8(2)7-23-15(21)13-9(3)18-16(22)19-14(13)11-6-10(17)4-5-12(11)20/h4-6,8,14,20H,7H2,1-3H3,(H2,18,19,22). The Hall–Kier alpha value is -2.02. The van der Waals surface area contributed by atoms with Crippen molar-refractivity contribution in [3.63, 3.8) is 0 Å². The summed E-state index contributed by atoms with van der Waals surface area (Å²) in [5, 5.41) is 15.3. The quantitative estimate of drug-likeness (QED) is 0.698. The van der Waals surface area contributed by atoms with E-state index in [0.29, 0.717) is 11.3 Å². The monoisotopic (exact) mass is 382 g/mol. The second-order valence-corrected chi connectivity index (χ2v) is 6.68. The Morgan fingerprint density at radius 3 is 2.78 bits per heavy atom. The number of halogens is 1. The van der Waals surface area contributed by atoms with Crippen molar-refractivity contribution in [3.8, 4) is 5.75 Å². The molecule has 2 amide bonds. The Kier molecular flexibility index (Phi) is 5.30. The summed E-state index contributed by atoms with van der Waals surface area (Å²) < 4.78 is 6.02. The van der Waals surface area contributed by atoms with E-state index < -0.39 is 18.0 Å². The number of phenols is 1. The van der Waals surface area contributed by atoms with Gasteiger partial charge in [-0.15, -0.1) is 0 Å². The van der Waals surface area contributed by atoms with Gasteiger partial charge in [-0.25, -0.2) is 9.59 Å². The number of amides is 2. The van der Waals surface area contributed by atoms with Crippen LogP contribution in [0.1, 0.15) is 32.4 Å². The third-order valence-electron chi connectivity index (χ3n) is 3.34. The van der Waals surface area contributed by atoms with Crippen molar-refractivity contribution in [1.82, 2.24) is 10.6 Å². The van der Waals surface area contributed by atoms with Gasteiger partial charge in [-0.05, 0) is 31.0 Å². The van der Waals surface area contributed by atoms with Crippen LogP contribution in [0.4, 0.5) is 4.79 Å². The van der Waals surface area contributed by atoms with Gasteiger partial charge >= 0.3 is 12.0 Å². The zero-order valence-electron chi connectivity index (χ0n) is 13.1. The third kappa shape index (κ3) is 4.04. The number of nitrogens with one attached hydrogen (secondary N) is 2. The molecule has 6 nitrogen and oxygen atoms in total. The van der Waals surface area contributed by atoms with E-state index in [1.54, 1.807) is 19.1 Å². The van der Waals surface area contributed by atoms with Gasteiger partial charge in [-0.1, -0.05) is 29.8 Å². The molecular weight excluding hydrogens is 364 g/mol. The van der Waals surface area contributed by atoms with Crippen LogP contribution >= 0.6 is 15.9 Å². The van der Waals surface area contributed by atoms with Crippen LogP contribution in [0.5, 0.6) is 5.75 Å². The van der Waals surface area contributed by atoms with Crippen molar-refractivity contribution >= 4 is 27.9 Å². The van der Waals surface area contributed by atoms with Crippen LogP contribution in [0.25, 0.3) is 0 Å². The van der Waals surface area contributed by atoms with Gasteiger partial charge in [0, 0.05) is 15.7 Å². The van der Waals surface area contributed by atoms with Gasteiger partial charge in [0.25, 0.3) is 0 Å². The molecule has 124 valence electrons. The smallest absolute Gasteiger partial charge is 0.338 e. The number of urea groups is 1. The first-order valence-corrected chi connectivity index (χ1v) is 8.02. The molecule has 0 radical (unpaired) electrons. The lowest BCUT2D eigenvalue weighted by molar-refractivity contribution is -0.140. The van der Waals surface area contributed by atoms with Crippen molar-refractivity contribution in [2.24, 2.45) is 5.92 Å². The fourth-order valence-corrected chi connectivity index (χ4v) is 2.65. The topological polar surface area (TPSA) is 87.7 Å². The summed E-state index contributed by atoms with van der Waals surface area (Å²) in [5.41, 5.74) is 1.11. The number of carbonyl (C=O) groups is 2. The number of ether oxygens (including phenoxy) is 1. The van der Waals surface area contributed by atoms with E-state index in [2.05, 4.69) is 26.6 Å². The highest BCUT2D eigenvalue weighted by molar-refractivity contribution is 9.10. The minimum Gasteiger partial charge on any atom is -0.508 e. The normalized spacial score (nSPS) is 17.8. The summed E-state index contributed by atoms with van der Waals surface area (Å²) in [6, 6.07) is 3.62. The van der Waals surface area contributed by atoms with Crippen LogP contribution in [-0.2, 0) is 9.53 Å². The highest BCUT2D eigenvalue weighted by atomic mass is 79.9. The van der Waals surface area contributed by atoms with E-state index in [0.717, 1.165) is 4.47 Å². The first kappa shape index (κ1) is 17.3. The van der Waals surface area contributed by atoms with Gasteiger partial charge in [0.2, 0.25) is 0 Å². The number of phenolic OH excluding ortho intramolecular Hbond substituents is 1. The maximum absolute atomic E-state index is 12.4. The van der Waals surface area contributed by atoms with Crippen molar-refractivity contribution < 1.29 is 19.4 Å². The van der Waals surface area contributed by atoms with Gasteiger partial charge in [-0.3, -0.25) is 0 Å². The number of carbonyl (C=O) groups excluding carboxylic acids is 2. The van der Waals surface area contributed by atoms with Crippen LogP contribution in [0.15, 0.2) is 33.9 Å². The average Bonchev–Trinajstić information content (AvgIpc) is 2.46. The van der Waals surface area contributed by atoms with Crippen LogP contribution in [0.3, 0.4) is 0 Å². The molecule has 1 unspecified atom stereocenters. The van der Waals surface area contributed by atoms with Crippen LogP contribution in [-0.4, -0.2) is 23.7 Å². The number of aromatic hydroxyl groups is 1. The molecular formula is C16H19BrN2O4. The lowest BCUT2D eigenvalue weighted by Crippen LogP contribution is -2.45. The number of esters is 1. The fraction of sp³-hybridized carbons (Fsp3) is 0.375. The van der Waals surface area contributed by atoms with E-state index in [1.165, 1.54) is 6.07 Å². The predicted molar refractivity (Wildman–Crippen MR) is 88.7 cm³/mol. The SMILES string of the molecule is CC1=C(C(=O)OCC(C)C)C(c2cc(Br)ccc2O)NC(=O)N1. The number of rotatable bonds is 4. The number of allylic oxidation sites excluding steroid dienone is 1. The largest absolute Gasteiger partial charge is 0.508 e. The molecule has 1 aromatic carbocycles. The maximum Gasteiger partial charge on any atom is 0.338 e. The van der Waals surface area contributed by atoms with Gasteiger partial charge in [0.05, 0.1) is 18.2 Å². The Labute approximate surface area is 143 Å². The highest BCUT2D eigenvalue weighted by Gasteiger charge is 2.33. The van der Waals surface area contributed by atoms with E-state index in [-0.39, 0.29) is 23.8 Å². The molecule has 23 heavy (non-hydrogen) atoms. The fourth-order valence-electron chi connectivity index (χ4n) is 2.27. The maximum atomic E-state index is 12.4. The first-order chi connectivity index (χ1) is 10.8. The van der Waals surface area contributed by atoms with Crippen molar-refractivity contribution in [2.75, 3.05) is 6.61 Å². The molecule has 1 heterocycles. The van der Waals surface area contributed by atoms with Crippen LogP contribution in [0.2, 0.25) is 0 Å². The Morgan fingerprint density at radius 1 is 1.43 bits per heavy atom. The van der Waals surface area contributed by atoms with Crippen LogP contribution in [0, 0.1) is 5.92 Å². The van der Waals surface area contributed by atoms with Gasteiger partial charge in [0.1, 0.15) is 5.75 Å². The summed E-state index contributed by atoms with van der Waals surface area (Å²) in [5.74, 6) is -0.334. The molecule has 3 N–H and O–H groups in total. The van der Waals surface area contributed by atoms with E-state index in [9.17, 15) is 14.7 Å². The number of hydrogen-bond donors (Lipinski definition) is 3. The zero-order valence-corrected chi connectivity index (χ0v) is 14.7. The summed E-state index contributed by atoms with van der Waals surface area (Å²) in [6.45, 7) is 5.79. The van der Waals surface area contributed by atoms with E-state index >= 15 is 0 Å². The summed E-state index contributed by atoms with van der Waals surface area (Å²) in [7, 11) is 0. The molecule has 0 saturated carbocycles. The molecule has 0 fully saturated rings. The number of hydrogen-bond acceptors (Lipinski definition) is 4. The van der Waals surface area contributed by atoms with Gasteiger partial charge in [-0.2, -0.15) is 0 Å². The Balaban J connectivity index is 2.42. The second-order valence-electron chi connectivity index (χ2n) is 5.77. The van der Waals surface area contributed by atoms with E-state index in [4.69, 9.17) is 4.74 Å². The second kappa shape index (κ2) is 7.04. The minimum atomic E-state index is -0.777. The zero-order chi connectivity index (χ0) is 17.1. The molecule has 0 bridgehead atoms. The molecule has 1 aliphatic heterocycles. The van der Waals surface area contributed by atoms with Crippen LogP contribution < -0.4 is 10.6 Å². The lowest BCUT2D eigenvalue weighted by Gasteiger charge is -2.28. The summed E-state index contributed by atoms with van der Waals surface area (Å²) >= 11 is 3.33. The molecule has 7 heteroatoms. The van der Waals surface area contributed by atoms with Gasteiger partial charge < -0.3 is 20.5 Å². The third-order valence-corrected chi connectivity index (χ3v) is 3.83. The summed E-state index contributed by atoms with van der Waals surface area (Å²) in [4.78, 5) is 24.2. The molecule has 0 saturated heterocycles. The predicted octanol–water partition coefficient (Wildman–Crippen LogP) is 2.98. The molecule has 0 aromatic heterocycles. The first-order valence-electron chi connectivity index (χ1n) is 7.23. The molecule has 1 aromatic rings. The van der Waals surface area contributed by atoms with Crippen molar-refractivity contribution in [3.05, 3.63) is 39.5 Å². The Morgan fingerprint density at radius 2 is 2.13 bits per heavy atom. The van der Waals surface area contributed by atoms with Crippen molar-refractivity contribution in [1.29, 1.82) is 0 Å². The molecule has 1 atom stereocenters. The summed E-state index contributed by atoms with van der Waals surface area (Å²) in [6.07, 6.45) is 0. The highest BCUT2D eigenvalue weighted by Crippen LogP contribution is 2.34. The number of benzene rings is 1. The molecule has 0 aliphatic carbocycles. The molecule has 0 spiro atoms. The lowest BCUT2D eigenvalue weighted by atomic mass is 9.95. The Bertz CT molecular complexity index is 670.